The zero-order valence-corrected chi connectivity index (χ0v) is 11.7. The summed E-state index contributed by atoms with van der Waals surface area (Å²) in [5.41, 5.74) is 2.54. The number of aryl methyl sites for hydroxylation is 1. The van der Waals surface area contributed by atoms with Crippen LogP contribution in [0.15, 0.2) is 35.5 Å². The Balaban J connectivity index is 1.77. The van der Waals surface area contributed by atoms with Crippen LogP contribution >= 0.6 is 11.8 Å². The average molecular weight is 287 g/mol. The molecule has 0 unspecified atom stereocenters. The van der Waals surface area contributed by atoms with Gasteiger partial charge < -0.3 is 5.11 Å². The SMILES string of the molecule is CCc1cc(O)nc(SCn2nc3ccccc3n2)n1. The van der Waals surface area contributed by atoms with E-state index in [-0.39, 0.29) is 5.88 Å². The van der Waals surface area contributed by atoms with Crippen molar-refractivity contribution in [2.45, 2.75) is 24.4 Å². The van der Waals surface area contributed by atoms with Crippen molar-refractivity contribution in [2.75, 3.05) is 0 Å². The van der Waals surface area contributed by atoms with Gasteiger partial charge in [-0.25, -0.2) is 4.98 Å². The quantitative estimate of drug-likeness (QED) is 0.586. The molecule has 2 heterocycles. The topological polar surface area (TPSA) is 76.7 Å². The molecular weight excluding hydrogens is 274 g/mol. The first-order valence-electron chi connectivity index (χ1n) is 6.24. The van der Waals surface area contributed by atoms with Crippen LogP contribution in [-0.4, -0.2) is 30.1 Å². The van der Waals surface area contributed by atoms with Crippen LogP contribution in [0.25, 0.3) is 11.0 Å². The lowest BCUT2D eigenvalue weighted by Crippen LogP contribution is -2.01. The van der Waals surface area contributed by atoms with Gasteiger partial charge in [-0.15, -0.1) is 0 Å². The third-order valence-electron chi connectivity index (χ3n) is 2.74. The summed E-state index contributed by atoms with van der Waals surface area (Å²) in [6.45, 7) is 1.98. The van der Waals surface area contributed by atoms with Gasteiger partial charge in [-0.05, 0) is 18.6 Å². The van der Waals surface area contributed by atoms with E-state index in [0.717, 1.165) is 23.1 Å². The Bertz CT molecular complexity index is 709. The lowest BCUT2D eigenvalue weighted by Gasteiger charge is -2.02. The normalized spacial score (nSPS) is 11.1. The fourth-order valence-electron chi connectivity index (χ4n) is 1.78. The van der Waals surface area contributed by atoms with Gasteiger partial charge in [0.25, 0.3) is 0 Å². The zero-order chi connectivity index (χ0) is 13.9. The monoisotopic (exact) mass is 287 g/mol. The van der Waals surface area contributed by atoms with E-state index >= 15 is 0 Å². The predicted molar refractivity (Wildman–Crippen MR) is 76.5 cm³/mol. The first kappa shape index (κ1) is 12.9. The highest BCUT2D eigenvalue weighted by Gasteiger charge is 2.06. The molecule has 2 aromatic heterocycles. The Kier molecular flexibility index (Phi) is 3.51. The van der Waals surface area contributed by atoms with Gasteiger partial charge in [0, 0.05) is 11.8 Å². The van der Waals surface area contributed by atoms with Crippen LogP contribution in [0.2, 0.25) is 0 Å². The van der Waals surface area contributed by atoms with E-state index in [4.69, 9.17) is 0 Å². The number of fused-ring (bicyclic) bond motifs is 1. The fraction of sp³-hybridized carbons (Fsp3) is 0.231. The van der Waals surface area contributed by atoms with Crippen LogP contribution in [0, 0.1) is 0 Å². The van der Waals surface area contributed by atoms with Crippen LogP contribution in [0.4, 0.5) is 0 Å². The van der Waals surface area contributed by atoms with Gasteiger partial charge in [-0.3, -0.25) is 0 Å². The maximum absolute atomic E-state index is 9.53. The maximum atomic E-state index is 9.53. The summed E-state index contributed by atoms with van der Waals surface area (Å²) >= 11 is 1.39. The van der Waals surface area contributed by atoms with Crippen molar-refractivity contribution >= 4 is 22.8 Å². The van der Waals surface area contributed by atoms with Gasteiger partial charge in [0.15, 0.2) is 5.16 Å². The van der Waals surface area contributed by atoms with Crippen molar-refractivity contribution in [2.24, 2.45) is 0 Å². The van der Waals surface area contributed by atoms with Gasteiger partial charge in [0.05, 0.1) is 0 Å². The number of aromatic nitrogens is 5. The second-order valence-electron chi connectivity index (χ2n) is 4.19. The molecule has 0 aliphatic rings. The lowest BCUT2D eigenvalue weighted by atomic mass is 10.3. The van der Waals surface area contributed by atoms with Crippen molar-refractivity contribution < 1.29 is 5.11 Å². The molecule has 0 radical (unpaired) electrons. The molecule has 102 valence electrons. The molecular formula is C13H13N5OS. The van der Waals surface area contributed by atoms with E-state index in [2.05, 4.69) is 20.2 Å². The first-order chi connectivity index (χ1) is 9.74. The lowest BCUT2D eigenvalue weighted by molar-refractivity contribution is 0.443. The second kappa shape index (κ2) is 5.46. The van der Waals surface area contributed by atoms with Gasteiger partial charge in [-0.1, -0.05) is 30.8 Å². The maximum Gasteiger partial charge on any atom is 0.215 e. The Morgan fingerprint density at radius 1 is 1.15 bits per heavy atom. The van der Waals surface area contributed by atoms with Crippen molar-refractivity contribution in [3.05, 3.63) is 36.0 Å². The summed E-state index contributed by atoms with van der Waals surface area (Å²) in [5, 5.41) is 18.8. The standard InChI is InChI=1S/C13H13N5OS/c1-2-9-7-12(19)15-13(14-9)20-8-18-16-10-5-3-4-6-11(10)17-18/h3-7H,2,8H2,1H3,(H,14,15,19). The van der Waals surface area contributed by atoms with Crippen LogP contribution in [0.1, 0.15) is 12.6 Å². The smallest absolute Gasteiger partial charge is 0.215 e. The van der Waals surface area contributed by atoms with Gasteiger partial charge in [0.2, 0.25) is 5.88 Å². The number of thioether (sulfide) groups is 1. The number of nitrogens with zero attached hydrogens (tertiary/aromatic N) is 5. The molecule has 6 nitrogen and oxygen atoms in total. The van der Waals surface area contributed by atoms with Gasteiger partial charge in [0.1, 0.15) is 16.9 Å². The molecule has 0 spiro atoms. The van der Waals surface area contributed by atoms with Crippen molar-refractivity contribution in [1.29, 1.82) is 0 Å². The Morgan fingerprint density at radius 3 is 2.50 bits per heavy atom. The summed E-state index contributed by atoms with van der Waals surface area (Å²) in [6, 6.07) is 9.28. The Hall–Kier alpha value is -2.15. The molecule has 0 amide bonds. The van der Waals surface area contributed by atoms with Gasteiger partial charge in [-0.2, -0.15) is 20.0 Å². The Morgan fingerprint density at radius 2 is 1.85 bits per heavy atom. The summed E-state index contributed by atoms with van der Waals surface area (Å²) in [6.07, 6.45) is 0.757. The number of rotatable bonds is 4. The molecule has 0 saturated carbocycles. The molecule has 7 heteroatoms. The molecule has 0 atom stereocenters. The minimum atomic E-state index is -0.00191. The van der Waals surface area contributed by atoms with E-state index < -0.39 is 0 Å². The fourth-order valence-corrected chi connectivity index (χ4v) is 2.47. The second-order valence-corrected chi connectivity index (χ2v) is 5.10. The first-order valence-corrected chi connectivity index (χ1v) is 7.23. The summed E-state index contributed by atoms with van der Waals surface area (Å²) in [7, 11) is 0. The highest BCUT2D eigenvalue weighted by atomic mass is 32.2. The summed E-state index contributed by atoms with van der Waals surface area (Å²) in [5.74, 6) is 0.499. The van der Waals surface area contributed by atoms with Gasteiger partial charge >= 0.3 is 0 Å². The predicted octanol–water partition coefficient (Wildman–Crippen LogP) is 2.24. The molecule has 3 rings (SSSR count). The number of benzene rings is 1. The highest BCUT2D eigenvalue weighted by molar-refractivity contribution is 7.98. The summed E-state index contributed by atoms with van der Waals surface area (Å²) < 4.78 is 0. The van der Waals surface area contributed by atoms with Crippen LogP contribution < -0.4 is 0 Å². The molecule has 0 aliphatic carbocycles. The van der Waals surface area contributed by atoms with Crippen molar-refractivity contribution in [3.8, 4) is 5.88 Å². The minimum Gasteiger partial charge on any atom is -0.493 e. The number of hydrogen-bond acceptors (Lipinski definition) is 6. The molecule has 0 aliphatic heterocycles. The largest absolute Gasteiger partial charge is 0.493 e. The van der Waals surface area contributed by atoms with Crippen molar-refractivity contribution in [3.63, 3.8) is 0 Å². The minimum absolute atomic E-state index is 0.00191. The summed E-state index contributed by atoms with van der Waals surface area (Å²) in [4.78, 5) is 9.94. The molecule has 0 bridgehead atoms. The molecule has 20 heavy (non-hydrogen) atoms. The number of aromatic hydroxyl groups is 1. The number of hydrogen-bond donors (Lipinski definition) is 1. The average Bonchev–Trinajstić information content (AvgIpc) is 2.87. The van der Waals surface area contributed by atoms with Crippen LogP contribution in [-0.2, 0) is 12.3 Å². The Labute approximate surface area is 119 Å². The van der Waals surface area contributed by atoms with Crippen LogP contribution in [0.5, 0.6) is 5.88 Å². The molecule has 3 aromatic rings. The van der Waals surface area contributed by atoms with Crippen molar-refractivity contribution in [1.82, 2.24) is 25.0 Å². The zero-order valence-electron chi connectivity index (χ0n) is 10.9. The molecule has 1 aromatic carbocycles. The van der Waals surface area contributed by atoms with E-state index in [1.54, 1.807) is 10.9 Å². The molecule has 1 N–H and O–H groups in total. The van der Waals surface area contributed by atoms with E-state index in [1.807, 2.05) is 31.2 Å². The highest BCUT2D eigenvalue weighted by Crippen LogP contribution is 2.19. The third-order valence-corrected chi connectivity index (χ3v) is 3.55. The van der Waals surface area contributed by atoms with Crippen LogP contribution in [0.3, 0.4) is 0 Å². The van der Waals surface area contributed by atoms with E-state index in [0.29, 0.717) is 11.0 Å². The van der Waals surface area contributed by atoms with E-state index in [1.165, 1.54) is 11.8 Å². The van der Waals surface area contributed by atoms with E-state index in [9.17, 15) is 5.11 Å². The molecule has 0 fully saturated rings. The third kappa shape index (κ3) is 2.72. The molecule has 0 saturated heterocycles.